The predicted molar refractivity (Wildman–Crippen MR) is 134 cm³/mol. The minimum Gasteiger partial charge on any atom is -0.394 e. The smallest absolute Gasteiger partial charge is 0.190 e. The SMILES string of the molecule is CCCCCCCCCCCCCC[C@@H](O)[C@@H](O)[C@@H](N)C(O)(N=[N+]=[N-])C1O[C@H](CO)[C@H](O)[C@H](O)[C@H]1O. The van der Waals surface area contributed by atoms with Gasteiger partial charge in [0.05, 0.1) is 24.9 Å². The van der Waals surface area contributed by atoms with Crippen LogP contribution in [0.4, 0.5) is 0 Å². The zero-order chi connectivity index (χ0) is 27.1. The van der Waals surface area contributed by atoms with Crippen LogP contribution in [-0.2, 0) is 4.74 Å². The van der Waals surface area contributed by atoms with Crippen LogP contribution in [-0.4, -0.2) is 96.8 Å². The summed E-state index contributed by atoms with van der Waals surface area (Å²) in [5.74, 6) is 0. The second-order valence-corrected chi connectivity index (χ2v) is 9.98. The Kier molecular flexibility index (Phi) is 16.0. The van der Waals surface area contributed by atoms with Crippen LogP contribution in [0.15, 0.2) is 5.11 Å². The summed E-state index contributed by atoms with van der Waals surface area (Å²) in [5.41, 5.74) is 12.1. The monoisotopic (exact) mass is 520 g/mol. The number of ether oxygens (including phenoxy) is 1. The van der Waals surface area contributed by atoms with Gasteiger partial charge in [0.2, 0.25) is 0 Å². The van der Waals surface area contributed by atoms with Gasteiger partial charge in [-0.25, -0.2) is 0 Å². The molecule has 212 valence electrons. The van der Waals surface area contributed by atoms with Gasteiger partial charge in [0.1, 0.15) is 30.5 Å². The van der Waals surface area contributed by atoms with Crippen molar-refractivity contribution in [1.82, 2.24) is 0 Å². The lowest BCUT2D eigenvalue weighted by Gasteiger charge is -2.47. The number of hydrogen-bond acceptors (Lipinski definition) is 10. The van der Waals surface area contributed by atoms with Gasteiger partial charge in [-0.1, -0.05) is 89.1 Å². The van der Waals surface area contributed by atoms with Gasteiger partial charge in [-0.15, -0.1) is 0 Å². The summed E-state index contributed by atoms with van der Waals surface area (Å²) < 4.78 is 5.28. The molecule has 0 radical (unpaired) electrons. The highest BCUT2D eigenvalue weighted by atomic mass is 16.6. The minimum absolute atomic E-state index is 0.188. The summed E-state index contributed by atoms with van der Waals surface area (Å²) in [5, 5.41) is 74.9. The van der Waals surface area contributed by atoms with E-state index in [9.17, 15) is 35.7 Å². The van der Waals surface area contributed by atoms with Crippen LogP contribution in [0.5, 0.6) is 0 Å². The molecule has 1 heterocycles. The zero-order valence-corrected chi connectivity index (χ0v) is 21.5. The van der Waals surface area contributed by atoms with E-state index in [4.69, 9.17) is 16.0 Å². The highest BCUT2D eigenvalue weighted by Gasteiger charge is 2.56. The molecule has 12 nitrogen and oxygen atoms in total. The fourth-order valence-corrected chi connectivity index (χ4v) is 4.69. The number of aliphatic hydroxyl groups excluding tert-OH is 6. The maximum Gasteiger partial charge on any atom is 0.190 e. The highest BCUT2D eigenvalue weighted by molar-refractivity contribution is 5.07. The standard InChI is InChI=1S/C24H48N4O8/c1-2-3-4-5-6-7-8-9-10-11-12-13-14-16(30)18(31)22(25)24(35,27-28-26)23-21(34)20(33)19(32)17(15-29)36-23/h16-23,29-35H,2-15,25H2,1H3/t16-,17-,18-,19+,20+,21-,22-,23?,24?/m1/s1. The van der Waals surface area contributed by atoms with E-state index in [0.29, 0.717) is 6.42 Å². The quantitative estimate of drug-likeness (QED) is 0.0524. The summed E-state index contributed by atoms with van der Waals surface area (Å²) in [6.07, 6.45) is 2.00. The van der Waals surface area contributed by atoms with E-state index in [1.54, 1.807) is 0 Å². The molecule has 1 saturated heterocycles. The third kappa shape index (κ3) is 9.68. The summed E-state index contributed by atoms with van der Waals surface area (Å²) >= 11 is 0. The summed E-state index contributed by atoms with van der Waals surface area (Å²) in [6, 6.07) is -1.80. The average molecular weight is 521 g/mol. The molecule has 9 atom stereocenters. The van der Waals surface area contributed by atoms with Gasteiger partial charge in [0.25, 0.3) is 0 Å². The Morgan fingerprint density at radius 3 is 1.86 bits per heavy atom. The molecule has 12 heteroatoms. The number of unbranched alkanes of at least 4 members (excludes halogenated alkanes) is 11. The van der Waals surface area contributed by atoms with Crippen LogP contribution in [0.25, 0.3) is 10.4 Å². The van der Waals surface area contributed by atoms with Crippen LogP contribution in [0.1, 0.15) is 90.4 Å². The number of hydrogen-bond donors (Lipinski definition) is 8. The Morgan fingerprint density at radius 2 is 1.39 bits per heavy atom. The van der Waals surface area contributed by atoms with Gasteiger partial charge in [0, 0.05) is 4.91 Å². The van der Waals surface area contributed by atoms with Crippen LogP contribution in [0, 0.1) is 0 Å². The number of rotatable bonds is 19. The van der Waals surface area contributed by atoms with Crippen molar-refractivity contribution >= 4 is 0 Å². The number of aliphatic hydroxyl groups is 7. The normalized spacial score (nSPS) is 28.6. The molecule has 0 spiro atoms. The lowest BCUT2D eigenvalue weighted by molar-refractivity contribution is -0.276. The highest BCUT2D eigenvalue weighted by Crippen LogP contribution is 2.33. The van der Waals surface area contributed by atoms with Crippen molar-refractivity contribution in [2.24, 2.45) is 10.8 Å². The molecule has 36 heavy (non-hydrogen) atoms. The van der Waals surface area contributed by atoms with Crippen molar-refractivity contribution in [1.29, 1.82) is 0 Å². The Hall–Kier alpha value is -1.05. The number of azide groups is 1. The lowest BCUT2D eigenvalue weighted by Crippen LogP contribution is -2.71. The maximum absolute atomic E-state index is 11.0. The third-order valence-corrected chi connectivity index (χ3v) is 7.12. The molecule has 1 fully saturated rings. The zero-order valence-electron chi connectivity index (χ0n) is 21.5. The van der Waals surface area contributed by atoms with Gasteiger partial charge in [-0.2, -0.15) is 0 Å². The van der Waals surface area contributed by atoms with Crippen molar-refractivity contribution < 1.29 is 40.5 Å². The van der Waals surface area contributed by atoms with Gasteiger partial charge in [-0.05, 0) is 12.0 Å². The molecule has 0 saturated carbocycles. The first-order valence-corrected chi connectivity index (χ1v) is 13.4. The maximum atomic E-state index is 11.0. The molecular formula is C24H48N4O8. The predicted octanol–water partition coefficient (Wildman–Crippen LogP) is 0.968. The fraction of sp³-hybridized carbons (Fsp3) is 1.00. The average Bonchev–Trinajstić information content (AvgIpc) is 2.87. The molecule has 2 unspecified atom stereocenters. The number of nitrogens with two attached hydrogens (primary N) is 1. The largest absolute Gasteiger partial charge is 0.394 e. The molecule has 0 aromatic heterocycles. The second-order valence-electron chi connectivity index (χ2n) is 9.98. The summed E-state index contributed by atoms with van der Waals surface area (Å²) in [6.45, 7) is 1.44. The van der Waals surface area contributed by atoms with Crippen molar-refractivity contribution in [3.63, 3.8) is 0 Å². The Morgan fingerprint density at radius 1 is 0.889 bits per heavy atom. The third-order valence-electron chi connectivity index (χ3n) is 7.12. The van der Waals surface area contributed by atoms with Gasteiger partial charge in [0.15, 0.2) is 5.72 Å². The van der Waals surface area contributed by atoms with E-state index in [0.717, 1.165) is 19.3 Å². The Balaban J connectivity index is 2.51. The molecule has 0 amide bonds. The summed E-state index contributed by atoms with van der Waals surface area (Å²) in [4.78, 5) is 2.52. The van der Waals surface area contributed by atoms with Crippen molar-refractivity contribution in [2.75, 3.05) is 6.61 Å². The summed E-state index contributed by atoms with van der Waals surface area (Å²) in [7, 11) is 0. The minimum atomic E-state index is -2.79. The number of nitrogens with zero attached hydrogens (tertiary/aromatic N) is 3. The lowest BCUT2D eigenvalue weighted by atomic mass is 9.83. The van der Waals surface area contributed by atoms with Gasteiger partial charge in [-0.3, -0.25) is 0 Å². The van der Waals surface area contributed by atoms with Crippen LogP contribution < -0.4 is 5.73 Å². The first kappa shape index (κ1) is 33.0. The van der Waals surface area contributed by atoms with Crippen LogP contribution in [0.2, 0.25) is 0 Å². The molecule has 1 aliphatic rings. The van der Waals surface area contributed by atoms with Gasteiger partial charge >= 0.3 is 0 Å². The van der Waals surface area contributed by atoms with Gasteiger partial charge < -0.3 is 46.2 Å². The molecule has 0 aromatic rings. The van der Waals surface area contributed by atoms with E-state index < -0.39 is 61.1 Å². The van der Waals surface area contributed by atoms with Crippen molar-refractivity contribution in [2.45, 2.75) is 145 Å². The topological polar surface area (TPSA) is 226 Å². The molecular weight excluding hydrogens is 472 g/mol. The molecule has 0 bridgehead atoms. The molecule has 9 N–H and O–H groups in total. The molecule has 1 aliphatic heterocycles. The first-order valence-electron chi connectivity index (χ1n) is 13.4. The second kappa shape index (κ2) is 17.5. The van der Waals surface area contributed by atoms with E-state index >= 15 is 0 Å². The van der Waals surface area contributed by atoms with Crippen LogP contribution in [0.3, 0.4) is 0 Å². The molecule has 0 aliphatic carbocycles. The van der Waals surface area contributed by atoms with Crippen LogP contribution >= 0.6 is 0 Å². The van der Waals surface area contributed by atoms with E-state index in [-0.39, 0.29) is 6.42 Å². The Labute approximate surface area is 213 Å². The van der Waals surface area contributed by atoms with Crippen molar-refractivity contribution in [3.8, 4) is 0 Å². The van der Waals surface area contributed by atoms with E-state index in [1.165, 1.54) is 51.4 Å². The van der Waals surface area contributed by atoms with Crippen molar-refractivity contribution in [3.05, 3.63) is 10.4 Å². The van der Waals surface area contributed by atoms with E-state index in [1.807, 2.05) is 0 Å². The first-order chi connectivity index (χ1) is 17.1. The molecule has 0 aromatic carbocycles. The Bertz CT molecular complexity index is 639. The van der Waals surface area contributed by atoms with E-state index in [2.05, 4.69) is 16.9 Å². The fourth-order valence-electron chi connectivity index (χ4n) is 4.69. The molecule has 1 rings (SSSR count).